The van der Waals surface area contributed by atoms with Crippen LogP contribution >= 0.6 is 11.8 Å². The summed E-state index contributed by atoms with van der Waals surface area (Å²) in [7, 11) is 1.63. The van der Waals surface area contributed by atoms with Crippen molar-refractivity contribution in [3.05, 3.63) is 59.5 Å². The third kappa shape index (κ3) is 3.91. The van der Waals surface area contributed by atoms with Crippen molar-refractivity contribution < 1.29 is 13.7 Å². The molecule has 0 unspecified atom stereocenters. The van der Waals surface area contributed by atoms with Crippen LogP contribution in [0.3, 0.4) is 0 Å². The van der Waals surface area contributed by atoms with Gasteiger partial charge < -0.3 is 13.7 Å². The molecule has 4 rings (SSSR count). The van der Waals surface area contributed by atoms with Gasteiger partial charge in [0.1, 0.15) is 5.75 Å². The predicted molar refractivity (Wildman–Crippen MR) is 105 cm³/mol. The Morgan fingerprint density at radius 2 is 1.75 bits per heavy atom. The van der Waals surface area contributed by atoms with E-state index < -0.39 is 0 Å². The van der Waals surface area contributed by atoms with E-state index in [1.54, 1.807) is 7.11 Å². The molecular weight excluding hydrogens is 376 g/mol. The largest absolute Gasteiger partial charge is 0.497 e. The van der Waals surface area contributed by atoms with Crippen LogP contribution in [0, 0.1) is 13.8 Å². The van der Waals surface area contributed by atoms with Gasteiger partial charge in [0.05, 0.1) is 12.9 Å². The fraction of sp³-hybridized carbons (Fsp3) is 0.200. The molecule has 7 nitrogen and oxygen atoms in total. The highest BCUT2D eigenvalue weighted by atomic mass is 32.2. The maximum Gasteiger partial charge on any atom is 0.277 e. The molecule has 0 aliphatic carbocycles. The summed E-state index contributed by atoms with van der Waals surface area (Å²) in [5.74, 6) is 2.73. The number of aryl methyl sites for hydroxylation is 2. The molecule has 0 amide bonds. The number of rotatable bonds is 6. The van der Waals surface area contributed by atoms with Crippen LogP contribution in [0.15, 0.2) is 56.6 Å². The van der Waals surface area contributed by atoms with Gasteiger partial charge in [0.2, 0.25) is 17.6 Å². The van der Waals surface area contributed by atoms with Gasteiger partial charge in [-0.3, -0.25) is 0 Å². The summed E-state index contributed by atoms with van der Waals surface area (Å²) >= 11 is 1.35. The van der Waals surface area contributed by atoms with Gasteiger partial charge in [-0.25, -0.2) is 0 Å². The van der Waals surface area contributed by atoms with E-state index in [0.717, 1.165) is 16.9 Å². The summed E-state index contributed by atoms with van der Waals surface area (Å²) in [6.45, 7) is 4.12. The molecule has 142 valence electrons. The molecule has 0 atom stereocenters. The number of methoxy groups -OCH3 is 1. The third-order valence-corrected chi connectivity index (χ3v) is 5.10. The van der Waals surface area contributed by atoms with E-state index in [1.165, 1.54) is 22.9 Å². The number of thioether (sulfide) groups is 1. The van der Waals surface area contributed by atoms with Crippen LogP contribution in [-0.4, -0.2) is 27.4 Å². The zero-order chi connectivity index (χ0) is 19.5. The second-order valence-corrected chi connectivity index (χ2v) is 7.13. The second-order valence-electron chi connectivity index (χ2n) is 6.20. The topological polar surface area (TPSA) is 87.1 Å². The van der Waals surface area contributed by atoms with Crippen LogP contribution in [0.25, 0.3) is 22.8 Å². The zero-order valence-electron chi connectivity index (χ0n) is 15.7. The molecule has 0 aliphatic heterocycles. The number of hydrogen-bond acceptors (Lipinski definition) is 8. The van der Waals surface area contributed by atoms with Gasteiger partial charge in [0.25, 0.3) is 5.22 Å². The number of aromatic nitrogens is 4. The van der Waals surface area contributed by atoms with E-state index in [4.69, 9.17) is 13.7 Å². The minimum absolute atomic E-state index is 0.442. The minimum Gasteiger partial charge on any atom is -0.497 e. The molecule has 4 aromatic rings. The number of ether oxygens (including phenoxy) is 1. The van der Waals surface area contributed by atoms with Gasteiger partial charge in [0, 0.05) is 11.1 Å². The first-order valence-electron chi connectivity index (χ1n) is 8.63. The lowest BCUT2D eigenvalue weighted by Crippen LogP contribution is -1.85. The van der Waals surface area contributed by atoms with Gasteiger partial charge in [0.15, 0.2) is 0 Å². The molecule has 0 saturated heterocycles. The van der Waals surface area contributed by atoms with E-state index in [1.807, 2.05) is 42.5 Å². The van der Waals surface area contributed by atoms with Crippen LogP contribution in [-0.2, 0) is 5.75 Å². The number of benzene rings is 2. The van der Waals surface area contributed by atoms with E-state index in [2.05, 4.69) is 34.2 Å². The van der Waals surface area contributed by atoms with Crippen molar-refractivity contribution in [1.29, 1.82) is 0 Å². The lowest BCUT2D eigenvalue weighted by molar-refractivity contribution is 0.390. The molecule has 0 fully saturated rings. The SMILES string of the molecule is COc1ccc(-c2noc(CSc3nnc(-c4ccc(C)c(C)c4)o3)n2)cc1. The number of hydrogen-bond donors (Lipinski definition) is 0. The quantitative estimate of drug-likeness (QED) is 0.435. The number of nitrogens with zero attached hydrogens (tertiary/aromatic N) is 4. The second kappa shape index (κ2) is 7.85. The van der Waals surface area contributed by atoms with E-state index >= 15 is 0 Å². The molecular formula is C20H18N4O3S. The summed E-state index contributed by atoms with van der Waals surface area (Å²) in [5, 5.41) is 12.7. The van der Waals surface area contributed by atoms with Crippen molar-refractivity contribution >= 4 is 11.8 Å². The van der Waals surface area contributed by atoms with Gasteiger partial charge in [-0.05, 0) is 61.4 Å². The normalized spacial score (nSPS) is 11.0. The zero-order valence-corrected chi connectivity index (χ0v) is 16.5. The fourth-order valence-corrected chi connectivity index (χ4v) is 3.15. The van der Waals surface area contributed by atoms with Gasteiger partial charge in [-0.2, -0.15) is 4.98 Å². The molecule has 28 heavy (non-hydrogen) atoms. The molecule has 2 heterocycles. The van der Waals surface area contributed by atoms with Crippen molar-refractivity contribution in [3.8, 4) is 28.6 Å². The average Bonchev–Trinajstić information content (AvgIpc) is 3.38. The molecule has 0 radical (unpaired) electrons. The fourth-order valence-electron chi connectivity index (χ4n) is 2.55. The highest BCUT2D eigenvalue weighted by Gasteiger charge is 2.13. The molecule has 0 bridgehead atoms. The molecule has 2 aromatic heterocycles. The molecule has 0 spiro atoms. The first-order chi connectivity index (χ1) is 13.6. The van der Waals surface area contributed by atoms with Crippen LogP contribution in [0.5, 0.6) is 5.75 Å². The Morgan fingerprint density at radius 1 is 0.964 bits per heavy atom. The predicted octanol–water partition coefficient (Wildman–Crippen LogP) is 4.70. The van der Waals surface area contributed by atoms with Crippen molar-refractivity contribution in [2.45, 2.75) is 24.8 Å². The Morgan fingerprint density at radius 3 is 2.50 bits per heavy atom. The highest BCUT2D eigenvalue weighted by molar-refractivity contribution is 7.98. The molecule has 0 N–H and O–H groups in total. The van der Waals surface area contributed by atoms with Gasteiger partial charge in [-0.1, -0.05) is 23.0 Å². The Balaban J connectivity index is 1.42. The van der Waals surface area contributed by atoms with E-state index in [0.29, 0.717) is 28.6 Å². The molecule has 0 aliphatic rings. The summed E-state index contributed by atoms with van der Waals surface area (Å²) in [6, 6.07) is 13.5. The highest BCUT2D eigenvalue weighted by Crippen LogP contribution is 2.27. The summed E-state index contributed by atoms with van der Waals surface area (Å²) in [5.41, 5.74) is 4.17. The first-order valence-corrected chi connectivity index (χ1v) is 9.62. The smallest absolute Gasteiger partial charge is 0.277 e. The maximum absolute atomic E-state index is 5.74. The van der Waals surface area contributed by atoms with Crippen LogP contribution in [0.1, 0.15) is 17.0 Å². The minimum atomic E-state index is 0.442. The summed E-state index contributed by atoms with van der Waals surface area (Å²) < 4.78 is 16.2. The van der Waals surface area contributed by atoms with Crippen LogP contribution in [0.2, 0.25) is 0 Å². The Bertz CT molecular complexity index is 1090. The third-order valence-electron chi connectivity index (χ3n) is 4.30. The van der Waals surface area contributed by atoms with Crippen LogP contribution < -0.4 is 4.74 Å². The summed E-state index contributed by atoms with van der Waals surface area (Å²) in [4.78, 5) is 4.41. The van der Waals surface area contributed by atoms with Crippen LogP contribution in [0.4, 0.5) is 0 Å². The van der Waals surface area contributed by atoms with Crippen molar-refractivity contribution in [2.75, 3.05) is 7.11 Å². The van der Waals surface area contributed by atoms with E-state index in [-0.39, 0.29) is 0 Å². The first kappa shape index (κ1) is 18.2. The summed E-state index contributed by atoms with van der Waals surface area (Å²) in [6.07, 6.45) is 0. The molecule has 2 aromatic carbocycles. The monoisotopic (exact) mass is 394 g/mol. The van der Waals surface area contributed by atoms with E-state index in [9.17, 15) is 0 Å². The van der Waals surface area contributed by atoms with Crippen molar-refractivity contribution in [1.82, 2.24) is 20.3 Å². The van der Waals surface area contributed by atoms with Crippen molar-refractivity contribution in [3.63, 3.8) is 0 Å². The lowest BCUT2D eigenvalue weighted by atomic mass is 10.1. The van der Waals surface area contributed by atoms with Gasteiger partial charge in [-0.15, -0.1) is 10.2 Å². The Kier molecular flexibility index (Phi) is 5.12. The Labute approximate surface area is 166 Å². The Hall–Kier alpha value is -3.13. The standard InChI is InChI=1S/C20H18N4O3S/c1-12-4-5-15(10-13(12)2)19-22-23-20(26-19)28-11-17-21-18(24-27-17)14-6-8-16(25-3)9-7-14/h4-10H,11H2,1-3H3. The van der Waals surface area contributed by atoms with Gasteiger partial charge >= 0.3 is 0 Å². The average molecular weight is 394 g/mol. The molecule has 8 heteroatoms. The van der Waals surface area contributed by atoms with Crippen molar-refractivity contribution in [2.24, 2.45) is 0 Å². The lowest BCUT2D eigenvalue weighted by Gasteiger charge is -2.00. The molecule has 0 saturated carbocycles. The maximum atomic E-state index is 5.74.